The zero-order valence-electron chi connectivity index (χ0n) is 11.4. The normalized spacial score (nSPS) is 14.7. The fourth-order valence-corrected chi connectivity index (χ4v) is 3.83. The molecule has 0 amide bonds. The Kier molecular flexibility index (Phi) is 2.74. The molecule has 0 bridgehead atoms. The van der Waals surface area contributed by atoms with Crippen molar-refractivity contribution in [3.05, 3.63) is 40.3 Å². The summed E-state index contributed by atoms with van der Waals surface area (Å²) in [6.07, 6.45) is 3.62. The average molecular weight is 330 g/mol. The Balaban J connectivity index is 2.02. The van der Waals surface area contributed by atoms with Gasteiger partial charge in [0.15, 0.2) is 0 Å². The Morgan fingerprint density at radius 1 is 1.25 bits per heavy atom. The number of rotatable bonds is 1. The number of nitrogens with one attached hydrogen (secondary N) is 1. The van der Waals surface area contributed by atoms with Crippen LogP contribution in [0.5, 0.6) is 0 Å². The van der Waals surface area contributed by atoms with Crippen molar-refractivity contribution < 1.29 is 0 Å². The molecule has 0 saturated heterocycles. The van der Waals surface area contributed by atoms with Crippen molar-refractivity contribution in [2.24, 2.45) is 0 Å². The Labute approximate surface area is 126 Å². The number of aromatic amines is 1. The van der Waals surface area contributed by atoms with E-state index in [0.717, 1.165) is 23.4 Å². The number of nitrogens with zero attached hydrogens (tertiary/aromatic N) is 2. The molecule has 0 atom stereocenters. The highest BCUT2D eigenvalue weighted by Gasteiger charge is 2.22. The zero-order valence-corrected chi connectivity index (χ0v) is 13.0. The van der Waals surface area contributed by atoms with E-state index in [2.05, 4.69) is 56.7 Å². The summed E-state index contributed by atoms with van der Waals surface area (Å²) in [6, 6.07) is 8.46. The average Bonchev–Trinajstić information content (AvgIpc) is 2.96. The van der Waals surface area contributed by atoms with Crippen LogP contribution in [0.1, 0.15) is 24.2 Å². The number of hydrogen-bond acceptors (Lipinski definition) is 1. The van der Waals surface area contributed by atoms with Gasteiger partial charge in [-0.1, -0.05) is 18.2 Å². The van der Waals surface area contributed by atoms with Crippen LogP contribution in [0, 0.1) is 6.92 Å². The Morgan fingerprint density at radius 3 is 3.00 bits per heavy atom. The smallest absolute Gasteiger partial charge is 0.143 e. The molecule has 0 saturated carbocycles. The van der Waals surface area contributed by atoms with E-state index in [9.17, 15) is 0 Å². The van der Waals surface area contributed by atoms with Crippen LogP contribution in [0.3, 0.4) is 0 Å². The van der Waals surface area contributed by atoms with Gasteiger partial charge in [0.05, 0.1) is 5.69 Å². The van der Waals surface area contributed by atoms with E-state index in [1.807, 2.05) is 0 Å². The number of halogens is 1. The lowest BCUT2D eigenvalue weighted by molar-refractivity contribution is 0.535. The number of imidazole rings is 1. The second-order valence-electron chi connectivity index (χ2n) is 5.45. The molecule has 1 aromatic carbocycles. The second-order valence-corrected chi connectivity index (χ2v) is 6.20. The summed E-state index contributed by atoms with van der Waals surface area (Å²) >= 11 is 3.63. The highest BCUT2D eigenvalue weighted by molar-refractivity contribution is 9.10. The predicted molar refractivity (Wildman–Crippen MR) is 84.9 cm³/mol. The Hall–Kier alpha value is -1.55. The molecular formula is C16H16BrN3. The summed E-state index contributed by atoms with van der Waals surface area (Å²) in [5.41, 5.74) is 4.96. The molecule has 20 heavy (non-hydrogen) atoms. The molecule has 3 aromatic rings. The third-order valence-electron chi connectivity index (χ3n) is 4.19. The quantitative estimate of drug-likeness (QED) is 0.703. The molecule has 0 radical (unpaired) electrons. The van der Waals surface area contributed by atoms with E-state index >= 15 is 0 Å². The van der Waals surface area contributed by atoms with Gasteiger partial charge in [-0.25, -0.2) is 4.98 Å². The Bertz CT molecular complexity index is 798. The van der Waals surface area contributed by atoms with Crippen LogP contribution in [-0.4, -0.2) is 14.5 Å². The number of aryl methyl sites for hydroxylation is 1. The first-order valence-corrected chi connectivity index (χ1v) is 7.87. The maximum absolute atomic E-state index is 4.81. The summed E-state index contributed by atoms with van der Waals surface area (Å²) in [4.78, 5) is 8.28. The fourth-order valence-electron chi connectivity index (χ4n) is 3.25. The molecule has 4 rings (SSSR count). The topological polar surface area (TPSA) is 33.6 Å². The van der Waals surface area contributed by atoms with Crippen molar-refractivity contribution in [3.63, 3.8) is 0 Å². The molecule has 0 spiro atoms. The van der Waals surface area contributed by atoms with E-state index in [-0.39, 0.29) is 0 Å². The first-order valence-electron chi connectivity index (χ1n) is 7.08. The third kappa shape index (κ3) is 1.67. The highest BCUT2D eigenvalue weighted by Crippen LogP contribution is 2.35. The van der Waals surface area contributed by atoms with Crippen LogP contribution >= 0.6 is 15.9 Å². The minimum absolute atomic E-state index is 1.01. The SMILES string of the molecule is Cc1[nH]c2ccccc2c1-c1nc(Br)c2n1CCCC2. The van der Waals surface area contributed by atoms with Crippen molar-refractivity contribution in [1.82, 2.24) is 14.5 Å². The fraction of sp³-hybridized carbons (Fsp3) is 0.312. The molecule has 1 aliphatic heterocycles. The summed E-state index contributed by atoms with van der Waals surface area (Å²) < 4.78 is 3.40. The minimum Gasteiger partial charge on any atom is -0.358 e. The number of aromatic nitrogens is 3. The maximum Gasteiger partial charge on any atom is 0.143 e. The van der Waals surface area contributed by atoms with Crippen molar-refractivity contribution in [2.75, 3.05) is 0 Å². The largest absolute Gasteiger partial charge is 0.358 e. The molecule has 0 unspecified atom stereocenters. The van der Waals surface area contributed by atoms with Gasteiger partial charge in [0, 0.05) is 28.7 Å². The van der Waals surface area contributed by atoms with Gasteiger partial charge in [-0.2, -0.15) is 0 Å². The van der Waals surface area contributed by atoms with Crippen molar-refractivity contribution in [2.45, 2.75) is 32.7 Å². The lowest BCUT2D eigenvalue weighted by Gasteiger charge is -2.16. The van der Waals surface area contributed by atoms with E-state index in [4.69, 9.17) is 4.98 Å². The molecule has 0 aliphatic carbocycles. The molecular weight excluding hydrogens is 314 g/mol. The van der Waals surface area contributed by atoms with Gasteiger partial charge < -0.3 is 9.55 Å². The lowest BCUT2D eigenvalue weighted by Crippen LogP contribution is -2.11. The lowest BCUT2D eigenvalue weighted by atomic mass is 10.1. The number of benzene rings is 1. The van der Waals surface area contributed by atoms with Gasteiger partial charge in [-0.05, 0) is 48.2 Å². The number of H-pyrrole nitrogens is 1. The third-order valence-corrected chi connectivity index (χ3v) is 4.82. The maximum atomic E-state index is 4.81. The number of para-hydroxylation sites is 1. The molecule has 4 heteroatoms. The molecule has 1 N–H and O–H groups in total. The van der Waals surface area contributed by atoms with Crippen molar-refractivity contribution in [1.29, 1.82) is 0 Å². The molecule has 3 heterocycles. The highest BCUT2D eigenvalue weighted by atomic mass is 79.9. The van der Waals surface area contributed by atoms with E-state index in [0.29, 0.717) is 0 Å². The second kappa shape index (κ2) is 4.48. The van der Waals surface area contributed by atoms with Crippen LogP contribution < -0.4 is 0 Å². The van der Waals surface area contributed by atoms with Crippen LogP contribution in [-0.2, 0) is 13.0 Å². The summed E-state index contributed by atoms with van der Waals surface area (Å²) in [7, 11) is 0. The van der Waals surface area contributed by atoms with Crippen LogP contribution in [0.25, 0.3) is 22.3 Å². The van der Waals surface area contributed by atoms with E-state index in [1.54, 1.807) is 0 Å². The van der Waals surface area contributed by atoms with Gasteiger partial charge in [-0.15, -0.1) is 0 Å². The Morgan fingerprint density at radius 2 is 2.10 bits per heavy atom. The van der Waals surface area contributed by atoms with Crippen molar-refractivity contribution >= 4 is 26.8 Å². The van der Waals surface area contributed by atoms with Crippen LogP contribution in [0.15, 0.2) is 28.9 Å². The summed E-state index contributed by atoms with van der Waals surface area (Å²) in [5.74, 6) is 1.10. The van der Waals surface area contributed by atoms with Gasteiger partial charge in [0.2, 0.25) is 0 Å². The predicted octanol–water partition coefficient (Wildman–Crippen LogP) is 4.44. The number of fused-ring (bicyclic) bond motifs is 2. The first-order chi connectivity index (χ1) is 9.75. The van der Waals surface area contributed by atoms with Gasteiger partial charge in [0.25, 0.3) is 0 Å². The first kappa shape index (κ1) is 12.2. The van der Waals surface area contributed by atoms with Crippen molar-refractivity contribution in [3.8, 4) is 11.4 Å². The summed E-state index contributed by atoms with van der Waals surface area (Å²) in [6.45, 7) is 3.20. The van der Waals surface area contributed by atoms with E-state index in [1.165, 1.54) is 40.7 Å². The van der Waals surface area contributed by atoms with Crippen LogP contribution in [0.2, 0.25) is 0 Å². The molecule has 1 aliphatic rings. The monoisotopic (exact) mass is 329 g/mol. The molecule has 3 nitrogen and oxygen atoms in total. The zero-order chi connectivity index (χ0) is 13.7. The summed E-state index contributed by atoms with van der Waals surface area (Å²) in [5, 5.41) is 1.26. The van der Waals surface area contributed by atoms with Crippen LogP contribution in [0.4, 0.5) is 0 Å². The molecule has 2 aromatic heterocycles. The standard InChI is InChI=1S/C16H16BrN3/c1-10-14(11-6-2-3-7-12(11)18-10)16-19-15(17)13-8-4-5-9-20(13)16/h2-3,6-7,18H,4-5,8-9H2,1H3. The minimum atomic E-state index is 1.01. The molecule has 102 valence electrons. The van der Waals surface area contributed by atoms with Gasteiger partial charge in [-0.3, -0.25) is 0 Å². The number of hydrogen-bond donors (Lipinski definition) is 1. The van der Waals surface area contributed by atoms with Gasteiger partial charge in [0.1, 0.15) is 10.4 Å². The molecule has 0 fully saturated rings. The van der Waals surface area contributed by atoms with Gasteiger partial charge >= 0.3 is 0 Å². The van der Waals surface area contributed by atoms with E-state index < -0.39 is 0 Å².